The lowest BCUT2D eigenvalue weighted by molar-refractivity contribution is 0.169. The topological polar surface area (TPSA) is 58.0 Å². The lowest BCUT2D eigenvalue weighted by Crippen LogP contribution is -2.47. The Bertz CT molecular complexity index is 345. The molecule has 1 unspecified atom stereocenters. The van der Waals surface area contributed by atoms with Crippen LogP contribution in [0.3, 0.4) is 0 Å². The molecule has 0 radical (unpaired) electrons. The van der Waals surface area contributed by atoms with Crippen LogP contribution in [0.4, 0.5) is 0 Å². The average molecular weight is 253 g/mol. The molecular weight excluding hydrogens is 234 g/mol. The SMILES string of the molecule is CC(CO)(CCSc1ncccn1)NC1CC1. The number of aromatic nitrogens is 2. The molecule has 0 saturated heterocycles. The van der Waals surface area contributed by atoms with E-state index in [1.54, 1.807) is 24.2 Å². The van der Waals surface area contributed by atoms with E-state index < -0.39 is 0 Å². The van der Waals surface area contributed by atoms with Gasteiger partial charge in [0.15, 0.2) is 5.16 Å². The van der Waals surface area contributed by atoms with Gasteiger partial charge in [-0.3, -0.25) is 0 Å². The van der Waals surface area contributed by atoms with Crippen LogP contribution in [0.5, 0.6) is 0 Å². The van der Waals surface area contributed by atoms with E-state index in [4.69, 9.17) is 0 Å². The Morgan fingerprint density at radius 2 is 2.18 bits per heavy atom. The van der Waals surface area contributed by atoms with Crippen LogP contribution in [-0.4, -0.2) is 39.0 Å². The summed E-state index contributed by atoms with van der Waals surface area (Å²) in [5, 5.41) is 13.8. The Balaban J connectivity index is 1.75. The zero-order valence-electron chi connectivity index (χ0n) is 10.1. The minimum Gasteiger partial charge on any atom is -0.394 e. The highest BCUT2D eigenvalue weighted by Gasteiger charge is 2.31. The molecule has 1 aliphatic carbocycles. The lowest BCUT2D eigenvalue weighted by Gasteiger charge is -2.28. The largest absolute Gasteiger partial charge is 0.394 e. The Labute approximate surface area is 106 Å². The van der Waals surface area contributed by atoms with Gasteiger partial charge in [-0.1, -0.05) is 11.8 Å². The summed E-state index contributed by atoms with van der Waals surface area (Å²) in [6.07, 6.45) is 6.91. The minimum atomic E-state index is -0.164. The van der Waals surface area contributed by atoms with Gasteiger partial charge in [0, 0.05) is 29.7 Å². The first-order chi connectivity index (χ1) is 8.22. The number of aliphatic hydroxyl groups excluding tert-OH is 1. The van der Waals surface area contributed by atoms with Gasteiger partial charge in [-0.15, -0.1) is 0 Å². The fraction of sp³-hybridized carbons (Fsp3) is 0.667. The molecule has 4 nitrogen and oxygen atoms in total. The lowest BCUT2D eigenvalue weighted by atomic mass is 10.0. The molecule has 1 saturated carbocycles. The highest BCUT2D eigenvalue weighted by molar-refractivity contribution is 7.99. The van der Waals surface area contributed by atoms with Crippen molar-refractivity contribution < 1.29 is 5.11 Å². The molecule has 1 aromatic heterocycles. The Morgan fingerprint density at radius 3 is 2.76 bits per heavy atom. The number of nitrogens with zero attached hydrogens (tertiary/aromatic N) is 2. The van der Waals surface area contributed by atoms with Crippen LogP contribution in [0, 0.1) is 0 Å². The average Bonchev–Trinajstić information content (AvgIpc) is 3.14. The van der Waals surface area contributed by atoms with E-state index in [-0.39, 0.29) is 12.1 Å². The molecule has 0 spiro atoms. The zero-order chi connectivity index (χ0) is 12.1. The Morgan fingerprint density at radius 1 is 1.47 bits per heavy atom. The van der Waals surface area contributed by atoms with Crippen LogP contribution >= 0.6 is 11.8 Å². The fourth-order valence-electron chi connectivity index (χ4n) is 1.64. The smallest absolute Gasteiger partial charge is 0.187 e. The van der Waals surface area contributed by atoms with Crippen molar-refractivity contribution in [3.63, 3.8) is 0 Å². The summed E-state index contributed by atoms with van der Waals surface area (Å²) < 4.78 is 0. The number of hydrogen-bond acceptors (Lipinski definition) is 5. The molecule has 0 bridgehead atoms. The molecule has 94 valence electrons. The molecule has 2 N–H and O–H groups in total. The van der Waals surface area contributed by atoms with E-state index in [1.807, 2.05) is 6.07 Å². The molecule has 0 aliphatic heterocycles. The summed E-state index contributed by atoms with van der Waals surface area (Å²) in [6.45, 7) is 2.26. The summed E-state index contributed by atoms with van der Waals surface area (Å²) in [5.74, 6) is 0.917. The van der Waals surface area contributed by atoms with E-state index in [0.29, 0.717) is 6.04 Å². The van der Waals surface area contributed by atoms with Crippen molar-refractivity contribution in [2.45, 2.75) is 42.9 Å². The predicted molar refractivity (Wildman–Crippen MR) is 69.0 cm³/mol. The number of aliphatic hydroxyl groups is 1. The maximum absolute atomic E-state index is 9.46. The van der Waals surface area contributed by atoms with Crippen LogP contribution in [0.2, 0.25) is 0 Å². The maximum atomic E-state index is 9.46. The summed E-state index contributed by atoms with van der Waals surface area (Å²) in [4.78, 5) is 8.33. The van der Waals surface area contributed by atoms with Crippen molar-refractivity contribution in [1.29, 1.82) is 0 Å². The number of rotatable bonds is 7. The van der Waals surface area contributed by atoms with Gasteiger partial charge in [-0.2, -0.15) is 0 Å². The summed E-state index contributed by atoms with van der Waals surface area (Å²) >= 11 is 1.64. The van der Waals surface area contributed by atoms with Gasteiger partial charge in [-0.25, -0.2) is 9.97 Å². The van der Waals surface area contributed by atoms with Crippen molar-refractivity contribution >= 4 is 11.8 Å². The van der Waals surface area contributed by atoms with Crippen LogP contribution in [0.15, 0.2) is 23.6 Å². The summed E-state index contributed by atoms with van der Waals surface area (Å²) in [5.41, 5.74) is -0.164. The van der Waals surface area contributed by atoms with Crippen molar-refractivity contribution in [3.8, 4) is 0 Å². The second-order valence-electron chi connectivity index (χ2n) is 4.77. The van der Waals surface area contributed by atoms with Gasteiger partial charge in [0.05, 0.1) is 6.61 Å². The van der Waals surface area contributed by atoms with Gasteiger partial charge in [-0.05, 0) is 32.3 Å². The highest BCUT2D eigenvalue weighted by atomic mass is 32.2. The second kappa shape index (κ2) is 5.80. The Hall–Kier alpha value is -0.650. The number of thioether (sulfide) groups is 1. The molecular formula is C12H19N3OS. The first-order valence-corrected chi connectivity index (χ1v) is 6.99. The molecule has 1 aromatic rings. The number of nitrogens with one attached hydrogen (secondary N) is 1. The van der Waals surface area contributed by atoms with Crippen molar-refractivity contribution in [3.05, 3.63) is 18.5 Å². The third-order valence-electron chi connectivity index (χ3n) is 2.91. The molecule has 17 heavy (non-hydrogen) atoms. The van der Waals surface area contributed by atoms with Crippen LogP contribution in [-0.2, 0) is 0 Å². The second-order valence-corrected chi connectivity index (χ2v) is 5.83. The molecule has 0 aromatic carbocycles. The van der Waals surface area contributed by atoms with Crippen molar-refractivity contribution in [2.75, 3.05) is 12.4 Å². The third-order valence-corrected chi connectivity index (χ3v) is 3.78. The molecule has 0 amide bonds. The molecule has 2 rings (SSSR count). The van der Waals surface area contributed by atoms with Crippen molar-refractivity contribution in [2.24, 2.45) is 0 Å². The van der Waals surface area contributed by atoms with Crippen LogP contribution in [0.1, 0.15) is 26.2 Å². The van der Waals surface area contributed by atoms with Crippen LogP contribution < -0.4 is 5.32 Å². The monoisotopic (exact) mass is 253 g/mol. The molecule has 1 fully saturated rings. The zero-order valence-corrected chi connectivity index (χ0v) is 10.9. The van der Waals surface area contributed by atoms with E-state index in [9.17, 15) is 5.11 Å². The van der Waals surface area contributed by atoms with Gasteiger partial charge < -0.3 is 10.4 Å². The third kappa shape index (κ3) is 4.26. The van der Waals surface area contributed by atoms with Crippen molar-refractivity contribution in [1.82, 2.24) is 15.3 Å². The van der Waals surface area contributed by atoms with Gasteiger partial charge >= 0.3 is 0 Å². The Kier molecular flexibility index (Phi) is 4.36. The van der Waals surface area contributed by atoms with E-state index in [0.717, 1.165) is 17.3 Å². The van der Waals surface area contributed by atoms with E-state index in [2.05, 4.69) is 22.2 Å². The minimum absolute atomic E-state index is 0.164. The molecule has 5 heteroatoms. The van der Waals surface area contributed by atoms with Crippen LogP contribution in [0.25, 0.3) is 0 Å². The fourth-order valence-corrected chi connectivity index (χ4v) is 2.65. The van der Waals surface area contributed by atoms with Gasteiger partial charge in [0.25, 0.3) is 0 Å². The number of hydrogen-bond donors (Lipinski definition) is 2. The first-order valence-electron chi connectivity index (χ1n) is 6.00. The molecule has 1 atom stereocenters. The molecule has 1 aliphatic rings. The highest BCUT2D eigenvalue weighted by Crippen LogP contribution is 2.25. The predicted octanol–water partition coefficient (Wildman–Crippen LogP) is 1.46. The molecule has 1 heterocycles. The van der Waals surface area contributed by atoms with E-state index in [1.165, 1.54) is 12.8 Å². The maximum Gasteiger partial charge on any atom is 0.187 e. The van der Waals surface area contributed by atoms with E-state index >= 15 is 0 Å². The standard InChI is InChI=1S/C12H19N3OS/c1-12(9-16,15-10-3-4-10)5-8-17-11-13-6-2-7-14-11/h2,6-7,10,15-16H,3-5,8-9H2,1H3. The quantitative estimate of drug-likeness (QED) is 0.569. The first kappa shape index (κ1) is 12.8. The summed E-state index contributed by atoms with van der Waals surface area (Å²) in [7, 11) is 0. The van der Waals surface area contributed by atoms with Gasteiger partial charge in [0.1, 0.15) is 0 Å². The normalized spacial score (nSPS) is 18.9. The van der Waals surface area contributed by atoms with Gasteiger partial charge in [0.2, 0.25) is 0 Å². The summed E-state index contributed by atoms with van der Waals surface area (Å²) in [6, 6.07) is 2.43.